The number of hydrogen-bond acceptors (Lipinski definition) is 7. The van der Waals surface area contributed by atoms with Crippen LogP contribution in [0.25, 0.3) is 0 Å². The Labute approximate surface area is 200 Å². The number of carbonyl (C=O) groups is 1. The van der Waals surface area contributed by atoms with Crippen LogP contribution in [0.2, 0.25) is 0 Å². The summed E-state index contributed by atoms with van der Waals surface area (Å²) in [5.74, 6) is 1.44. The minimum absolute atomic E-state index is 0.0229. The van der Waals surface area contributed by atoms with Crippen molar-refractivity contribution in [3.63, 3.8) is 0 Å². The number of amides is 2. The van der Waals surface area contributed by atoms with Crippen molar-refractivity contribution in [1.82, 2.24) is 10.3 Å². The first kappa shape index (κ1) is 23.9. The third-order valence-corrected chi connectivity index (χ3v) is 7.78. The molecule has 182 valence electrons. The van der Waals surface area contributed by atoms with Gasteiger partial charge in [-0.25, -0.2) is 18.2 Å². The van der Waals surface area contributed by atoms with Crippen molar-refractivity contribution in [2.45, 2.75) is 25.8 Å². The lowest BCUT2D eigenvalue weighted by atomic mass is 9.94. The molecule has 1 atom stereocenters. The van der Waals surface area contributed by atoms with Crippen LogP contribution in [0.5, 0.6) is 11.5 Å². The maximum atomic E-state index is 12.6. The standard InChI is InChI=1S/C24H30N4O5S/c1-16-12-18-13-21(32-3)22(33-4)14-20(18)23(26-28(16)24(29)25-2)17-6-8-19(9-7-17)27-10-5-11-34(30,31)15-27/h6-9,13-14,16H,5,10-12,15H2,1-4H3,(H,25,29). The first-order valence-electron chi connectivity index (χ1n) is 11.2. The molecule has 1 unspecified atom stereocenters. The fourth-order valence-corrected chi connectivity index (χ4v) is 5.88. The van der Waals surface area contributed by atoms with Crippen LogP contribution in [0.3, 0.4) is 0 Å². The molecule has 0 radical (unpaired) electrons. The van der Waals surface area contributed by atoms with Crippen molar-refractivity contribution in [2.24, 2.45) is 5.10 Å². The van der Waals surface area contributed by atoms with Crippen LogP contribution >= 0.6 is 0 Å². The molecule has 4 rings (SSSR count). The van der Waals surface area contributed by atoms with Crippen LogP contribution in [0.4, 0.5) is 10.5 Å². The van der Waals surface area contributed by atoms with Crippen LogP contribution in [0, 0.1) is 0 Å². The lowest BCUT2D eigenvalue weighted by Crippen LogP contribution is -2.41. The number of benzene rings is 2. The summed E-state index contributed by atoms with van der Waals surface area (Å²) in [5.41, 5.74) is 4.11. The summed E-state index contributed by atoms with van der Waals surface area (Å²) in [7, 11) is 1.68. The minimum atomic E-state index is -3.07. The molecule has 2 amide bonds. The molecule has 1 N–H and O–H groups in total. The maximum absolute atomic E-state index is 12.6. The average Bonchev–Trinajstić information content (AvgIpc) is 2.97. The number of urea groups is 1. The number of sulfone groups is 1. The van der Waals surface area contributed by atoms with Crippen LogP contribution in [0.1, 0.15) is 30.0 Å². The second-order valence-electron chi connectivity index (χ2n) is 8.51. The highest BCUT2D eigenvalue weighted by molar-refractivity contribution is 7.91. The first-order valence-corrected chi connectivity index (χ1v) is 13.0. The van der Waals surface area contributed by atoms with Gasteiger partial charge in [-0.2, -0.15) is 5.10 Å². The third kappa shape index (κ3) is 4.68. The summed E-state index contributed by atoms with van der Waals surface area (Å²) >= 11 is 0. The van der Waals surface area contributed by atoms with Gasteiger partial charge in [-0.1, -0.05) is 12.1 Å². The number of nitrogens with one attached hydrogen (secondary N) is 1. The van der Waals surface area contributed by atoms with Crippen molar-refractivity contribution < 1.29 is 22.7 Å². The van der Waals surface area contributed by atoms with Crippen molar-refractivity contribution in [3.05, 3.63) is 53.1 Å². The molecule has 34 heavy (non-hydrogen) atoms. The molecule has 0 aromatic heterocycles. The van der Waals surface area contributed by atoms with Crippen molar-refractivity contribution in [2.75, 3.05) is 44.3 Å². The van der Waals surface area contributed by atoms with E-state index in [2.05, 4.69) is 5.32 Å². The molecular formula is C24H30N4O5S. The Morgan fingerprint density at radius 2 is 1.79 bits per heavy atom. The van der Waals surface area contributed by atoms with Gasteiger partial charge in [0.05, 0.1) is 31.7 Å². The molecule has 2 aliphatic rings. The lowest BCUT2D eigenvalue weighted by Gasteiger charge is -2.28. The zero-order valence-electron chi connectivity index (χ0n) is 19.9. The van der Waals surface area contributed by atoms with Gasteiger partial charge in [0.2, 0.25) is 0 Å². The Bertz CT molecular complexity index is 1210. The summed E-state index contributed by atoms with van der Waals surface area (Å²) in [5, 5.41) is 8.89. The van der Waals surface area contributed by atoms with Gasteiger partial charge in [-0.05, 0) is 49.6 Å². The minimum Gasteiger partial charge on any atom is -0.493 e. The molecule has 0 saturated carbocycles. The number of methoxy groups -OCH3 is 2. The molecule has 1 saturated heterocycles. The highest BCUT2D eigenvalue weighted by Gasteiger charge is 2.29. The van der Waals surface area contributed by atoms with E-state index in [1.807, 2.05) is 48.2 Å². The van der Waals surface area contributed by atoms with E-state index in [0.717, 1.165) is 22.4 Å². The summed E-state index contributed by atoms with van der Waals surface area (Å²) in [4.78, 5) is 14.5. The number of ether oxygens (including phenoxy) is 2. The predicted molar refractivity (Wildman–Crippen MR) is 132 cm³/mol. The van der Waals surface area contributed by atoms with E-state index in [1.54, 1.807) is 21.3 Å². The number of anilines is 1. The van der Waals surface area contributed by atoms with E-state index in [-0.39, 0.29) is 23.7 Å². The van der Waals surface area contributed by atoms with Gasteiger partial charge in [-0.15, -0.1) is 0 Å². The number of fused-ring (bicyclic) bond motifs is 1. The van der Waals surface area contributed by atoms with Gasteiger partial charge in [-0.3, -0.25) is 0 Å². The molecule has 0 bridgehead atoms. The van der Waals surface area contributed by atoms with Crippen LogP contribution in [-0.2, 0) is 16.3 Å². The van der Waals surface area contributed by atoms with Crippen molar-refractivity contribution in [1.29, 1.82) is 0 Å². The summed E-state index contributed by atoms with van der Waals surface area (Å²) in [6, 6.07) is 11.0. The lowest BCUT2D eigenvalue weighted by molar-refractivity contribution is 0.184. The van der Waals surface area contributed by atoms with Gasteiger partial charge in [0, 0.05) is 30.4 Å². The molecular weight excluding hydrogens is 456 g/mol. The van der Waals surface area contributed by atoms with E-state index in [9.17, 15) is 13.2 Å². The van der Waals surface area contributed by atoms with E-state index >= 15 is 0 Å². The van der Waals surface area contributed by atoms with Gasteiger partial charge < -0.3 is 19.7 Å². The molecule has 2 aromatic rings. The smallest absolute Gasteiger partial charge is 0.337 e. The fraction of sp³-hybridized carbons (Fsp3) is 0.417. The molecule has 2 aliphatic heterocycles. The average molecular weight is 487 g/mol. The topological polar surface area (TPSA) is 101 Å². The summed E-state index contributed by atoms with van der Waals surface area (Å²) in [6.07, 6.45) is 1.20. The number of hydrogen-bond donors (Lipinski definition) is 1. The van der Waals surface area contributed by atoms with Crippen LogP contribution < -0.4 is 19.7 Å². The highest BCUT2D eigenvalue weighted by atomic mass is 32.2. The Kier molecular flexibility index (Phi) is 6.70. The maximum Gasteiger partial charge on any atom is 0.337 e. The quantitative estimate of drug-likeness (QED) is 0.713. The normalized spacial score (nSPS) is 19.5. The molecule has 2 heterocycles. The van der Waals surface area contributed by atoms with Crippen molar-refractivity contribution in [3.8, 4) is 11.5 Å². The predicted octanol–water partition coefficient (Wildman–Crippen LogP) is 2.62. The molecule has 10 heteroatoms. The number of nitrogens with zero attached hydrogens (tertiary/aromatic N) is 3. The van der Waals surface area contributed by atoms with E-state index in [0.29, 0.717) is 36.6 Å². The van der Waals surface area contributed by atoms with E-state index < -0.39 is 9.84 Å². The Hall–Kier alpha value is -3.27. The molecule has 0 aliphatic carbocycles. The Morgan fingerprint density at radius 3 is 2.41 bits per heavy atom. The van der Waals surface area contributed by atoms with Crippen molar-refractivity contribution >= 4 is 27.3 Å². The Morgan fingerprint density at radius 1 is 1.12 bits per heavy atom. The molecule has 2 aromatic carbocycles. The SMILES string of the molecule is CNC(=O)N1N=C(c2ccc(N3CCCS(=O)(=O)C3)cc2)c2cc(OC)c(OC)cc2CC1C. The van der Waals surface area contributed by atoms with Gasteiger partial charge in [0.15, 0.2) is 21.3 Å². The summed E-state index contributed by atoms with van der Waals surface area (Å²) < 4.78 is 35.2. The van der Waals surface area contributed by atoms with Gasteiger partial charge >= 0.3 is 6.03 Å². The zero-order chi connectivity index (χ0) is 24.5. The van der Waals surface area contributed by atoms with Gasteiger partial charge in [0.25, 0.3) is 0 Å². The number of rotatable bonds is 4. The van der Waals surface area contributed by atoms with Crippen LogP contribution in [-0.4, -0.2) is 70.7 Å². The highest BCUT2D eigenvalue weighted by Crippen LogP contribution is 2.35. The monoisotopic (exact) mass is 486 g/mol. The van der Waals surface area contributed by atoms with Crippen LogP contribution in [0.15, 0.2) is 41.5 Å². The molecule has 1 fully saturated rings. The largest absolute Gasteiger partial charge is 0.493 e. The van der Waals surface area contributed by atoms with Gasteiger partial charge in [0.1, 0.15) is 5.88 Å². The number of carbonyl (C=O) groups excluding carboxylic acids is 1. The van der Waals surface area contributed by atoms with E-state index in [4.69, 9.17) is 14.6 Å². The second-order valence-corrected chi connectivity index (χ2v) is 10.7. The molecule has 0 spiro atoms. The third-order valence-electron chi connectivity index (χ3n) is 6.17. The van der Waals surface area contributed by atoms with E-state index in [1.165, 1.54) is 5.01 Å². The number of hydrazone groups is 1. The molecule has 9 nitrogen and oxygen atoms in total. The zero-order valence-corrected chi connectivity index (χ0v) is 20.7. The Balaban J connectivity index is 1.79. The first-order chi connectivity index (χ1) is 16.3. The summed E-state index contributed by atoms with van der Waals surface area (Å²) in [6.45, 7) is 2.64. The second kappa shape index (κ2) is 9.54. The fourth-order valence-electron chi connectivity index (χ4n) is 4.42.